The molecule has 0 aromatic heterocycles. The van der Waals surface area contributed by atoms with Crippen molar-refractivity contribution in [3.8, 4) is 5.75 Å². The largest absolute Gasteiger partial charge is 0.509 e. The lowest BCUT2D eigenvalue weighted by Gasteiger charge is -2.50. The number of nitrogens with two attached hydrogens (primary N) is 1. The number of alkyl halides is 1. The number of primary amides is 1. The lowest BCUT2D eigenvalue weighted by Crippen LogP contribution is -2.64. The number of phenolic OH excluding ortho intramolecular Hbond substituents is 1. The van der Waals surface area contributed by atoms with E-state index in [1.807, 2.05) is 5.32 Å². The third-order valence-corrected chi connectivity index (χ3v) is 7.76. The zero-order valence-electron chi connectivity index (χ0n) is 20.4. The number of hydrogen-bond donors (Lipinski definition) is 7. The molecule has 14 heteroatoms. The average molecular weight is 551 g/mol. The Balaban J connectivity index is 1.84. The van der Waals surface area contributed by atoms with E-state index in [4.69, 9.17) is 17.3 Å². The molecule has 1 fully saturated rings. The molecule has 1 aromatic rings. The molecular formula is C24H27ClN4O9. The minimum absolute atomic E-state index is 0.0198. The van der Waals surface area contributed by atoms with Crippen molar-refractivity contribution >= 4 is 52.4 Å². The fourth-order valence-corrected chi connectivity index (χ4v) is 5.86. The molecule has 0 heterocycles. The lowest BCUT2D eigenvalue weighted by atomic mass is 9.57. The molecule has 3 aliphatic carbocycles. The first-order chi connectivity index (χ1) is 17.7. The zero-order valence-corrected chi connectivity index (χ0v) is 21.2. The SMILES string of the molecule is CN(C)c1cc(NC(=O)NC(=O)CCl)c(O)c2c1C[C@H]1C[C@H]3CC(=O)C(C(N)=O)C(O)[C@@]3(O)C(O)=C1C2=O. The maximum atomic E-state index is 13.8. The molecule has 0 radical (unpaired) electrons. The van der Waals surface area contributed by atoms with Gasteiger partial charge in [-0.3, -0.25) is 24.5 Å². The van der Waals surface area contributed by atoms with E-state index in [1.165, 1.54) is 6.07 Å². The number of rotatable bonds is 4. The Morgan fingerprint density at radius 3 is 2.45 bits per heavy atom. The Hall–Kier alpha value is -3.68. The number of carbonyl (C=O) groups excluding carboxylic acids is 5. The van der Waals surface area contributed by atoms with E-state index in [2.05, 4.69) is 5.32 Å². The van der Waals surface area contributed by atoms with Crippen molar-refractivity contribution in [3.05, 3.63) is 28.5 Å². The summed E-state index contributed by atoms with van der Waals surface area (Å²) in [6.45, 7) is 0. The van der Waals surface area contributed by atoms with Crippen molar-refractivity contribution in [1.29, 1.82) is 0 Å². The number of urea groups is 1. The zero-order chi connectivity index (χ0) is 28.3. The number of nitrogens with zero attached hydrogens (tertiary/aromatic N) is 1. The van der Waals surface area contributed by atoms with Gasteiger partial charge in [-0.05, 0) is 30.4 Å². The fraction of sp³-hybridized carbons (Fsp3) is 0.458. The number of anilines is 2. The number of halogens is 1. The van der Waals surface area contributed by atoms with Gasteiger partial charge in [-0.2, -0.15) is 0 Å². The molecule has 0 spiro atoms. The van der Waals surface area contributed by atoms with Crippen LogP contribution in [0.5, 0.6) is 5.75 Å². The fourth-order valence-electron chi connectivity index (χ4n) is 5.79. The van der Waals surface area contributed by atoms with E-state index < -0.39 is 76.3 Å². The van der Waals surface area contributed by atoms with Crippen LogP contribution in [-0.4, -0.2) is 81.5 Å². The van der Waals surface area contributed by atoms with E-state index in [0.717, 1.165) is 0 Å². The molecule has 4 rings (SSSR count). The number of ketones is 2. The minimum atomic E-state index is -2.50. The van der Waals surface area contributed by atoms with Crippen LogP contribution >= 0.6 is 11.6 Å². The van der Waals surface area contributed by atoms with E-state index >= 15 is 0 Å². The number of fused-ring (bicyclic) bond motifs is 3. The molecule has 38 heavy (non-hydrogen) atoms. The van der Waals surface area contributed by atoms with Crippen molar-refractivity contribution in [3.63, 3.8) is 0 Å². The van der Waals surface area contributed by atoms with Gasteiger partial charge >= 0.3 is 6.03 Å². The molecule has 204 valence electrons. The highest BCUT2D eigenvalue weighted by Gasteiger charge is 2.62. The molecule has 0 saturated heterocycles. The normalized spacial score (nSPS) is 28.1. The maximum absolute atomic E-state index is 13.8. The van der Waals surface area contributed by atoms with Crippen LogP contribution in [0, 0.1) is 17.8 Å². The Labute approximate surface area is 221 Å². The molecule has 4 amide bonds. The lowest BCUT2D eigenvalue weighted by molar-refractivity contribution is -0.177. The van der Waals surface area contributed by atoms with Crippen LogP contribution < -0.4 is 21.3 Å². The predicted molar refractivity (Wildman–Crippen MR) is 133 cm³/mol. The highest BCUT2D eigenvalue weighted by Crippen LogP contribution is 2.53. The maximum Gasteiger partial charge on any atom is 0.326 e. The number of nitrogens with one attached hydrogen (secondary N) is 2. The van der Waals surface area contributed by atoms with E-state index in [-0.39, 0.29) is 36.1 Å². The summed E-state index contributed by atoms with van der Waals surface area (Å²) in [7, 11) is 3.33. The van der Waals surface area contributed by atoms with Crippen LogP contribution in [0.25, 0.3) is 0 Å². The number of amides is 4. The topological polar surface area (TPSA) is 220 Å². The van der Waals surface area contributed by atoms with Gasteiger partial charge in [0.05, 0.1) is 11.3 Å². The molecule has 0 bridgehead atoms. The van der Waals surface area contributed by atoms with Crippen LogP contribution in [0.3, 0.4) is 0 Å². The number of aromatic hydroxyl groups is 1. The molecule has 1 saturated carbocycles. The third-order valence-electron chi connectivity index (χ3n) is 7.51. The van der Waals surface area contributed by atoms with Gasteiger partial charge in [-0.1, -0.05) is 0 Å². The van der Waals surface area contributed by atoms with Crippen LogP contribution in [0.2, 0.25) is 0 Å². The number of allylic oxidation sites excluding steroid dienone is 1. The number of benzene rings is 1. The van der Waals surface area contributed by atoms with Crippen molar-refractivity contribution < 1.29 is 44.4 Å². The first-order valence-corrected chi connectivity index (χ1v) is 12.2. The second-order valence-electron chi connectivity index (χ2n) is 9.92. The highest BCUT2D eigenvalue weighted by molar-refractivity contribution is 6.28. The third kappa shape index (κ3) is 4.06. The van der Waals surface area contributed by atoms with Gasteiger partial charge in [0.2, 0.25) is 11.8 Å². The smallest absolute Gasteiger partial charge is 0.326 e. The summed E-state index contributed by atoms with van der Waals surface area (Å²) in [5, 5.41) is 48.6. The molecule has 13 nitrogen and oxygen atoms in total. The van der Waals surface area contributed by atoms with E-state index in [1.54, 1.807) is 19.0 Å². The van der Waals surface area contributed by atoms with Gasteiger partial charge in [-0.15, -0.1) is 11.6 Å². The Bertz CT molecular complexity index is 1310. The number of Topliss-reactive ketones (excluding diaryl/α,β-unsaturated/α-hetero) is 2. The highest BCUT2D eigenvalue weighted by atomic mass is 35.5. The Morgan fingerprint density at radius 1 is 1.21 bits per heavy atom. The summed E-state index contributed by atoms with van der Waals surface area (Å²) in [6, 6.07) is 0.395. The summed E-state index contributed by atoms with van der Waals surface area (Å²) in [5.74, 6) is -9.01. The monoisotopic (exact) mass is 550 g/mol. The predicted octanol–water partition coefficient (Wildman–Crippen LogP) is -0.302. The number of aliphatic hydroxyl groups is 3. The molecule has 8 N–H and O–H groups in total. The van der Waals surface area contributed by atoms with E-state index in [9.17, 15) is 44.4 Å². The van der Waals surface area contributed by atoms with Crippen LogP contribution in [-0.2, 0) is 20.8 Å². The van der Waals surface area contributed by atoms with Gasteiger partial charge in [0, 0.05) is 37.7 Å². The van der Waals surface area contributed by atoms with Crippen molar-refractivity contribution in [2.24, 2.45) is 23.5 Å². The van der Waals surface area contributed by atoms with Gasteiger partial charge < -0.3 is 36.4 Å². The summed E-state index contributed by atoms with van der Waals surface area (Å²) >= 11 is 5.39. The summed E-state index contributed by atoms with van der Waals surface area (Å²) in [5.41, 5.74) is 2.83. The minimum Gasteiger partial charge on any atom is -0.509 e. The standard InChI is InChI=1S/C24H27ClN4O9/c1-29(2)12-6-11(27-23(37)28-14(31)7-25)18(32)16-10(12)4-8-3-9-5-13(30)17(22(26)36)21(35)24(9,38)20(34)15(8)19(16)33/h6,8-9,17,21,32,34-35,38H,3-5,7H2,1-2H3,(H2,26,36)(H2,27,28,31,37)/t8-,9+,17?,21?,24+/m1/s1. The molecular weight excluding hydrogens is 524 g/mol. The number of hydrogen-bond acceptors (Lipinski definition) is 10. The second-order valence-corrected chi connectivity index (χ2v) is 10.2. The van der Waals surface area contributed by atoms with Crippen molar-refractivity contribution in [2.75, 3.05) is 30.2 Å². The molecule has 0 aliphatic heterocycles. The van der Waals surface area contributed by atoms with Gasteiger partial charge in [-0.25, -0.2) is 4.79 Å². The van der Waals surface area contributed by atoms with Crippen LogP contribution in [0.1, 0.15) is 28.8 Å². The number of phenols is 1. The summed E-state index contributed by atoms with van der Waals surface area (Å²) in [6.07, 6.45) is -2.31. The molecule has 2 unspecified atom stereocenters. The second kappa shape index (κ2) is 9.57. The van der Waals surface area contributed by atoms with E-state index in [0.29, 0.717) is 11.3 Å². The van der Waals surface area contributed by atoms with Crippen molar-refractivity contribution in [2.45, 2.75) is 31.0 Å². The molecule has 5 atom stereocenters. The van der Waals surface area contributed by atoms with Crippen molar-refractivity contribution in [1.82, 2.24) is 5.32 Å². The summed E-state index contributed by atoms with van der Waals surface area (Å²) in [4.78, 5) is 63.4. The summed E-state index contributed by atoms with van der Waals surface area (Å²) < 4.78 is 0. The Morgan fingerprint density at radius 2 is 1.87 bits per heavy atom. The number of imide groups is 1. The number of carbonyl (C=O) groups is 5. The molecule has 1 aromatic carbocycles. The first-order valence-electron chi connectivity index (χ1n) is 11.7. The van der Waals surface area contributed by atoms with Crippen LogP contribution in [0.4, 0.5) is 16.2 Å². The molecule has 3 aliphatic rings. The quantitative estimate of drug-likeness (QED) is 0.147. The van der Waals surface area contributed by atoms with Gasteiger partial charge in [0.15, 0.2) is 17.1 Å². The average Bonchev–Trinajstić information content (AvgIpc) is 2.82. The first kappa shape index (κ1) is 27.4. The van der Waals surface area contributed by atoms with Crippen LogP contribution in [0.15, 0.2) is 17.4 Å². The van der Waals surface area contributed by atoms with Gasteiger partial charge in [0.1, 0.15) is 29.4 Å². The van der Waals surface area contributed by atoms with Gasteiger partial charge in [0.25, 0.3) is 0 Å². The number of aliphatic hydroxyl groups excluding tert-OH is 2. The Kier molecular flexibility index (Phi) is 6.89.